The van der Waals surface area contributed by atoms with Crippen molar-refractivity contribution in [3.05, 3.63) is 30.3 Å². The number of rotatable bonds is 3. The zero-order chi connectivity index (χ0) is 13.7. The Labute approximate surface area is 112 Å². The van der Waals surface area contributed by atoms with Crippen molar-refractivity contribution in [3.8, 4) is 0 Å². The summed E-state index contributed by atoms with van der Waals surface area (Å²) in [6, 6.07) is 9.36. The fourth-order valence-electron chi connectivity index (χ4n) is 2.44. The number of amides is 2. The molecule has 1 aliphatic rings. The molecule has 0 saturated heterocycles. The molecule has 2 rings (SSSR count). The maximum Gasteiger partial charge on any atom is 0.404 e. The van der Waals surface area contributed by atoms with E-state index in [2.05, 4.69) is 10.6 Å². The van der Waals surface area contributed by atoms with Crippen LogP contribution < -0.4 is 10.6 Å². The van der Waals surface area contributed by atoms with E-state index in [9.17, 15) is 9.59 Å². The van der Waals surface area contributed by atoms with E-state index in [4.69, 9.17) is 5.11 Å². The molecule has 0 spiro atoms. The summed E-state index contributed by atoms with van der Waals surface area (Å²) in [6.07, 6.45) is 1.91. The molecule has 0 radical (unpaired) electrons. The predicted octanol–water partition coefficient (Wildman–Crippen LogP) is 2.45. The van der Waals surface area contributed by atoms with E-state index in [1.807, 2.05) is 30.3 Å². The molecule has 1 aliphatic carbocycles. The molecule has 1 aromatic rings. The summed E-state index contributed by atoms with van der Waals surface area (Å²) in [6.45, 7) is 0. The Balaban J connectivity index is 1.81. The van der Waals surface area contributed by atoms with Gasteiger partial charge in [-0.15, -0.1) is 0 Å². The van der Waals surface area contributed by atoms with Gasteiger partial charge in [0.15, 0.2) is 0 Å². The van der Waals surface area contributed by atoms with Crippen LogP contribution in [0.2, 0.25) is 0 Å². The van der Waals surface area contributed by atoms with Gasteiger partial charge in [0.05, 0.1) is 0 Å². The van der Waals surface area contributed by atoms with Crippen molar-refractivity contribution < 1.29 is 14.7 Å². The van der Waals surface area contributed by atoms with Crippen LogP contribution in [0, 0.1) is 5.92 Å². The number of para-hydroxylation sites is 1. The van der Waals surface area contributed by atoms with Crippen LogP contribution in [-0.2, 0) is 4.79 Å². The summed E-state index contributed by atoms with van der Waals surface area (Å²) in [5.74, 6) is 0.00651. The van der Waals surface area contributed by atoms with E-state index in [0.29, 0.717) is 0 Å². The third-order valence-electron chi connectivity index (χ3n) is 3.47. The summed E-state index contributed by atoms with van der Waals surface area (Å²) < 4.78 is 0. The lowest BCUT2D eigenvalue weighted by molar-refractivity contribution is -0.120. The average molecular weight is 262 g/mol. The van der Waals surface area contributed by atoms with Crippen molar-refractivity contribution in [2.45, 2.75) is 31.7 Å². The van der Waals surface area contributed by atoms with E-state index in [1.54, 1.807) is 0 Å². The SMILES string of the molecule is O=C(O)NC1CCC(C(=O)Nc2ccccc2)CC1. The van der Waals surface area contributed by atoms with Gasteiger partial charge in [0.2, 0.25) is 5.91 Å². The molecule has 1 saturated carbocycles. The minimum Gasteiger partial charge on any atom is -0.465 e. The standard InChI is InChI=1S/C14H18N2O3/c17-13(15-11-4-2-1-3-5-11)10-6-8-12(9-7-10)16-14(18)19/h1-5,10,12,16H,6-9H2,(H,15,17)(H,18,19). The van der Waals surface area contributed by atoms with E-state index >= 15 is 0 Å². The molecule has 1 aromatic carbocycles. The summed E-state index contributed by atoms with van der Waals surface area (Å²) in [5, 5.41) is 14.0. The molecule has 19 heavy (non-hydrogen) atoms. The Kier molecular flexibility index (Phi) is 4.39. The molecule has 3 N–H and O–H groups in total. The minimum absolute atomic E-state index is 0.0155. The van der Waals surface area contributed by atoms with Crippen molar-refractivity contribution in [2.24, 2.45) is 5.92 Å². The quantitative estimate of drug-likeness (QED) is 0.783. The van der Waals surface area contributed by atoms with Crippen molar-refractivity contribution in [1.29, 1.82) is 0 Å². The van der Waals surface area contributed by atoms with Crippen LogP contribution in [0.1, 0.15) is 25.7 Å². The number of carboxylic acid groups (broad SMARTS) is 1. The molecule has 102 valence electrons. The highest BCUT2D eigenvalue weighted by Gasteiger charge is 2.26. The Morgan fingerprint density at radius 1 is 1.05 bits per heavy atom. The predicted molar refractivity (Wildman–Crippen MR) is 72.0 cm³/mol. The summed E-state index contributed by atoms with van der Waals surface area (Å²) >= 11 is 0. The van der Waals surface area contributed by atoms with E-state index in [1.165, 1.54) is 0 Å². The fourth-order valence-corrected chi connectivity index (χ4v) is 2.44. The van der Waals surface area contributed by atoms with Gasteiger partial charge in [-0.05, 0) is 37.8 Å². The van der Waals surface area contributed by atoms with Gasteiger partial charge in [-0.3, -0.25) is 4.79 Å². The highest BCUT2D eigenvalue weighted by Crippen LogP contribution is 2.25. The molecule has 0 heterocycles. The lowest BCUT2D eigenvalue weighted by Gasteiger charge is -2.27. The highest BCUT2D eigenvalue weighted by atomic mass is 16.4. The first-order valence-electron chi connectivity index (χ1n) is 6.50. The highest BCUT2D eigenvalue weighted by molar-refractivity contribution is 5.92. The van der Waals surface area contributed by atoms with Gasteiger partial charge in [-0.2, -0.15) is 0 Å². The summed E-state index contributed by atoms with van der Waals surface area (Å²) in [4.78, 5) is 22.6. The van der Waals surface area contributed by atoms with Gasteiger partial charge in [0.1, 0.15) is 0 Å². The monoisotopic (exact) mass is 262 g/mol. The molecule has 0 bridgehead atoms. The molecule has 5 nitrogen and oxygen atoms in total. The van der Waals surface area contributed by atoms with Crippen LogP contribution >= 0.6 is 0 Å². The first kappa shape index (κ1) is 13.4. The van der Waals surface area contributed by atoms with Gasteiger partial charge >= 0.3 is 6.09 Å². The lowest BCUT2D eigenvalue weighted by atomic mass is 9.85. The zero-order valence-corrected chi connectivity index (χ0v) is 10.6. The van der Waals surface area contributed by atoms with Crippen LogP contribution in [-0.4, -0.2) is 23.1 Å². The molecule has 0 aliphatic heterocycles. The van der Waals surface area contributed by atoms with Gasteiger partial charge in [0, 0.05) is 17.6 Å². The largest absolute Gasteiger partial charge is 0.465 e. The summed E-state index contributed by atoms with van der Waals surface area (Å²) in [7, 11) is 0. The number of carbonyl (C=O) groups excluding carboxylic acids is 1. The van der Waals surface area contributed by atoms with E-state index in [0.717, 1.165) is 31.4 Å². The van der Waals surface area contributed by atoms with Crippen molar-refractivity contribution in [2.75, 3.05) is 5.32 Å². The van der Waals surface area contributed by atoms with Crippen molar-refractivity contribution >= 4 is 17.7 Å². The van der Waals surface area contributed by atoms with Gasteiger partial charge in [0.25, 0.3) is 0 Å². The summed E-state index contributed by atoms with van der Waals surface area (Å²) in [5.41, 5.74) is 0.804. The number of carbonyl (C=O) groups is 2. The fraction of sp³-hybridized carbons (Fsp3) is 0.429. The normalized spacial score (nSPS) is 22.5. The molecular weight excluding hydrogens is 244 g/mol. The molecule has 5 heteroatoms. The Morgan fingerprint density at radius 2 is 1.68 bits per heavy atom. The maximum atomic E-state index is 12.0. The molecule has 0 atom stereocenters. The van der Waals surface area contributed by atoms with Crippen LogP contribution in [0.3, 0.4) is 0 Å². The van der Waals surface area contributed by atoms with Crippen molar-refractivity contribution in [3.63, 3.8) is 0 Å². The van der Waals surface area contributed by atoms with Gasteiger partial charge < -0.3 is 15.7 Å². The van der Waals surface area contributed by atoms with Crippen LogP contribution in [0.4, 0.5) is 10.5 Å². The molecule has 0 aromatic heterocycles. The Bertz CT molecular complexity index is 439. The maximum absolute atomic E-state index is 12.0. The average Bonchev–Trinajstić information content (AvgIpc) is 2.40. The van der Waals surface area contributed by atoms with Gasteiger partial charge in [-0.25, -0.2) is 4.79 Å². The number of nitrogens with one attached hydrogen (secondary N) is 2. The number of benzene rings is 1. The Morgan fingerprint density at radius 3 is 2.26 bits per heavy atom. The zero-order valence-electron chi connectivity index (χ0n) is 10.6. The van der Waals surface area contributed by atoms with Crippen LogP contribution in [0.25, 0.3) is 0 Å². The molecular formula is C14H18N2O3. The molecule has 0 unspecified atom stereocenters. The minimum atomic E-state index is -0.989. The molecule has 1 fully saturated rings. The topological polar surface area (TPSA) is 78.4 Å². The van der Waals surface area contributed by atoms with Crippen molar-refractivity contribution in [1.82, 2.24) is 5.32 Å². The smallest absolute Gasteiger partial charge is 0.404 e. The third-order valence-corrected chi connectivity index (χ3v) is 3.47. The number of hydrogen-bond donors (Lipinski definition) is 3. The van der Waals surface area contributed by atoms with E-state index in [-0.39, 0.29) is 17.9 Å². The third kappa shape index (κ3) is 3.98. The second kappa shape index (κ2) is 6.22. The number of anilines is 1. The molecule has 2 amide bonds. The first-order chi connectivity index (χ1) is 9.15. The second-order valence-corrected chi connectivity index (χ2v) is 4.85. The van der Waals surface area contributed by atoms with E-state index < -0.39 is 6.09 Å². The van der Waals surface area contributed by atoms with Crippen LogP contribution in [0.15, 0.2) is 30.3 Å². The van der Waals surface area contributed by atoms with Gasteiger partial charge in [-0.1, -0.05) is 18.2 Å². The second-order valence-electron chi connectivity index (χ2n) is 4.85. The first-order valence-corrected chi connectivity index (χ1v) is 6.50. The lowest BCUT2D eigenvalue weighted by Crippen LogP contribution is -2.38. The number of hydrogen-bond acceptors (Lipinski definition) is 2. The Hall–Kier alpha value is -2.04. The van der Waals surface area contributed by atoms with Crippen LogP contribution in [0.5, 0.6) is 0 Å².